The first-order valence-corrected chi connectivity index (χ1v) is 14.2. The van der Waals surface area contributed by atoms with Crippen LogP contribution in [0.15, 0.2) is 39.9 Å². The van der Waals surface area contributed by atoms with Gasteiger partial charge in [-0.05, 0) is 69.2 Å². The summed E-state index contributed by atoms with van der Waals surface area (Å²) in [5, 5.41) is 2.83. The molecule has 6 rings (SSSR count). The van der Waals surface area contributed by atoms with E-state index in [1.807, 2.05) is 26.0 Å². The Bertz CT molecular complexity index is 1670. The SMILES string of the molecule is COc1ccc2c(c1)C(=O)N(C1CCCN(C(=O)Nc3cc4c(=O)n(CC5CC5)c(=O)n(C(C)C)c4cc3F)C1)C2. The lowest BCUT2D eigenvalue weighted by molar-refractivity contribution is 0.0607. The lowest BCUT2D eigenvalue weighted by atomic mass is 10.0. The molecule has 1 atom stereocenters. The second-order valence-corrected chi connectivity index (χ2v) is 11.6. The van der Waals surface area contributed by atoms with Crippen LogP contribution in [-0.4, -0.2) is 57.1 Å². The van der Waals surface area contributed by atoms with Gasteiger partial charge in [0.25, 0.3) is 11.5 Å². The van der Waals surface area contributed by atoms with E-state index in [1.54, 1.807) is 23.0 Å². The van der Waals surface area contributed by atoms with E-state index < -0.39 is 23.1 Å². The Morgan fingerprint density at radius 3 is 2.61 bits per heavy atom. The molecular weight excluding hydrogens is 529 g/mol. The average molecular weight is 564 g/mol. The number of fused-ring (bicyclic) bond motifs is 2. The van der Waals surface area contributed by atoms with E-state index in [0.29, 0.717) is 49.8 Å². The van der Waals surface area contributed by atoms with Gasteiger partial charge in [-0.25, -0.2) is 14.0 Å². The first kappa shape index (κ1) is 27.0. The summed E-state index contributed by atoms with van der Waals surface area (Å²) in [6, 6.07) is 6.97. The van der Waals surface area contributed by atoms with Crippen molar-refractivity contribution >= 4 is 28.5 Å². The number of urea groups is 1. The molecule has 2 aliphatic heterocycles. The highest BCUT2D eigenvalue weighted by Gasteiger charge is 2.36. The largest absolute Gasteiger partial charge is 0.497 e. The lowest BCUT2D eigenvalue weighted by Crippen LogP contribution is -2.51. The zero-order valence-electron chi connectivity index (χ0n) is 23.5. The number of nitrogens with zero attached hydrogens (tertiary/aromatic N) is 4. The number of aromatic nitrogens is 2. The van der Waals surface area contributed by atoms with Crippen molar-refractivity contribution in [2.75, 3.05) is 25.5 Å². The maximum Gasteiger partial charge on any atom is 0.331 e. The van der Waals surface area contributed by atoms with E-state index in [9.17, 15) is 19.2 Å². The molecule has 3 aromatic rings. The number of hydrogen-bond acceptors (Lipinski definition) is 5. The number of carbonyl (C=O) groups excluding carboxylic acids is 2. The molecule has 1 saturated heterocycles. The summed E-state index contributed by atoms with van der Waals surface area (Å²) in [7, 11) is 1.56. The number of nitrogens with one attached hydrogen (secondary N) is 1. The molecule has 3 aliphatic rings. The van der Waals surface area contributed by atoms with Gasteiger partial charge in [0, 0.05) is 43.9 Å². The Balaban J connectivity index is 1.24. The van der Waals surface area contributed by atoms with Gasteiger partial charge < -0.3 is 19.9 Å². The van der Waals surface area contributed by atoms with Crippen LogP contribution in [0.2, 0.25) is 0 Å². The van der Waals surface area contributed by atoms with Crippen molar-refractivity contribution in [3.8, 4) is 5.75 Å². The number of ether oxygens (including phenoxy) is 1. The van der Waals surface area contributed by atoms with Crippen LogP contribution in [0.3, 0.4) is 0 Å². The van der Waals surface area contributed by atoms with Crippen molar-refractivity contribution in [1.29, 1.82) is 0 Å². The quantitative estimate of drug-likeness (QED) is 0.489. The van der Waals surface area contributed by atoms with Crippen LogP contribution in [0.5, 0.6) is 5.75 Å². The van der Waals surface area contributed by atoms with E-state index in [1.165, 1.54) is 15.2 Å². The van der Waals surface area contributed by atoms with Gasteiger partial charge in [0.1, 0.15) is 11.6 Å². The van der Waals surface area contributed by atoms with E-state index in [-0.39, 0.29) is 34.6 Å². The zero-order valence-corrected chi connectivity index (χ0v) is 23.5. The maximum absolute atomic E-state index is 15.3. The molecule has 1 aliphatic carbocycles. The highest BCUT2D eigenvalue weighted by atomic mass is 19.1. The number of anilines is 1. The molecule has 216 valence electrons. The number of likely N-dealkylation sites (tertiary alicyclic amines) is 1. The number of amides is 3. The van der Waals surface area contributed by atoms with Crippen molar-refractivity contribution in [1.82, 2.24) is 18.9 Å². The molecule has 2 aromatic carbocycles. The summed E-state index contributed by atoms with van der Waals surface area (Å²) >= 11 is 0. The van der Waals surface area contributed by atoms with Crippen LogP contribution in [0.1, 0.15) is 61.5 Å². The van der Waals surface area contributed by atoms with Crippen molar-refractivity contribution in [3.63, 3.8) is 0 Å². The van der Waals surface area contributed by atoms with Crippen LogP contribution in [0.25, 0.3) is 10.9 Å². The van der Waals surface area contributed by atoms with E-state index >= 15 is 4.39 Å². The maximum atomic E-state index is 15.3. The molecule has 3 amide bonds. The molecule has 0 bridgehead atoms. The van der Waals surface area contributed by atoms with E-state index in [4.69, 9.17) is 4.74 Å². The van der Waals surface area contributed by atoms with Gasteiger partial charge in [0.05, 0.1) is 29.7 Å². The van der Waals surface area contributed by atoms with Crippen LogP contribution in [0, 0.1) is 11.7 Å². The number of benzene rings is 2. The molecule has 11 heteroatoms. The number of methoxy groups -OCH3 is 1. The molecule has 0 radical (unpaired) electrons. The zero-order chi connectivity index (χ0) is 29.0. The predicted molar refractivity (Wildman–Crippen MR) is 152 cm³/mol. The molecule has 41 heavy (non-hydrogen) atoms. The highest BCUT2D eigenvalue weighted by molar-refractivity contribution is 5.99. The first-order chi connectivity index (χ1) is 19.7. The fourth-order valence-corrected chi connectivity index (χ4v) is 6.03. The number of halogens is 1. The summed E-state index contributed by atoms with van der Waals surface area (Å²) in [4.78, 5) is 56.4. The highest BCUT2D eigenvalue weighted by Crippen LogP contribution is 2.32. The average Bonchev–Trinajstić information content (AvgIpc) is 3.72. The van der Waals surface area contributed by atoms with E-state index in [0.717, 1.165) is 30.9 Å². The number of carbonyl (C=O) groups is 2. The molecule has 0 spiro atoms. The standard InChI is InChI=1S/C30H34FN5O5/c1-17(2)36-26-13-24(31)25(12-23(26)28(38)35(30(36)40)14-18-6-7-18)32-29(39)33-10-4-5-20(16-33)34-15-19-8-9-21(41-3)11-22(19)27(34)37/h8-9,11-13,17-18,20H,4-7,10,14-16H2,1-3H3,(H,32,39). The minimum atomic E-state index is -0.730. The van der Waals surface area contributed by atoms with Gasteiger partial charge in [-0.1, -0.05) is 6.07 Å². The van der Waals surface area contributed by atoms with Gasteiger partial charge in [-0.3, -0.25) is 18.7 Å². The Kier molecular flexibility index (Phi) is 6.83. The second kappa shape index (κ2) is 10.4. The molecule has 2 fully saturated rings. The third kappa shape index (κ3) is 4.87. The van der Waals surface area contributed by atoms with Crippen LogP contribution >= 0.6 is 0 Å². The second-order valence-electron chi connectivity index (χ2n) is 11.6. The Morgan fingerprint density at radius 1 is 1.12 bits per heavy atom. The molecular formula is C30H34FN5O5. The van der Waals surface area contributed by atoms with Gasteiger partial charge >= 0.3 is 11.7 Å². The predicted octanol–water partition coefficient (Wildman–Crippen LogP) is 3.95. The van der Waals surface area contributed by atoms with Gasteiger partial charge in [-0.2, -0.15) is 0 Å². The Hall–Kier alpha value is -4.15. The normalized spacial score (nSPS) is 18.8. The summed E-state index contributed by atoms with van der Waals surface area (Å²) in [6.45, 7) is 5.18. The smallest absolute Gasteiger partial charge is 0.331 e. The van der Waals surface area contributed by atoms with Gasteiger partial charge in [0.15, 0.2) is 0 Å². The van der Waals surface area contributed by atoms with Gasteiger partial charge in [-0.15, -0.1) is 0 Å². The molecule has 1 aromatic heterocycles. The minimum Gasteiger partial charge on any atom is -0.497 e. The number of rotatable bonds is 6. The summed E-state index contributed by atoms with van der Waals surface area (Å²) in [6.07, 6.45) is 3.37. The van der Waals surface area contributed by atoms with Crippen molar-refractivity contribution in [2.45, 2.75) is 64.7 Å². The Labute approximate surface area is 236 Å². The lowest BCUT2D eigenvalue weighted by Gasteiger charge is -2.37. The first-order valence-electron chi connectivity index (χ1n) is 14.2. The third-order valence-corrected chi connectivity index (χ3v) is 8.43. The summed E-state index contributed by atoms with van der Waals surface area (Å²) < 4.78 is 23.3. The van der Waals surface area contributed by atoms with Crippen molar-refractivity contribution < 1.29 is 18.7 Å². The van der Waals surface area contributed by atoms with Crippen molar-refractivity contribution in [2.24, 2.45) is 5.92 Å². The molecule has 3 heterocycles. The fourth-order valence-electron chi connectivity index (χ4n) is 6.03. The van der Waals surface area contributed by atoms with Crippen LogP contribution in [-0.2, 0) is 13.1 Å². The molecule has 1 N–H and O–H groups in total. The molecule has 1 unspecified atom stereocenters. The summed E-state index contributed by atoms with van der Waals surface area (Å²) in [5.41, 5.74) is 0.687. The summed E-state index contributed by atoms with van der Waals surface area (Å²) in [5.74, 6) is 0.0882. The minimum absolute atomic E-state index is 0.0922. The van der Waals surface area contributed by atoms with Crippen LogP contribution in [0.4, 0.5) is 14.9 Å². The topological polar surface area (TPSA) is 106 Å². The van der Waals surface area contributed by atoms with Gasteiger partial charge in [0.2, 0.25) is 0 Å². The number of hydrogen-bond donors (Lipinski definition) is 1. The number of piperidine rings is 1. The Morgan fingerprint density at radius 2 is 1.90 bits per heavy atom. The van der Waals surface area contributed by atoms with Crippen molar-refractivity contribution in [3.05, 3.63) is 68.1 Å². The van der Waals surface area contributed by atoms with E-state index in [2.05, 4.69) is 5.32 Å². The third-order valence-electron chi connectivity index (χ3n) is 8.43. The molecule has 1 saturated carbocycles. The van der Waals surface area contributed by atoms with Crippen LogP contribution < -0.4 is 21.3 Å². The fraction of sp³-hybridized carbons (Fsp3) is 0.467. The monoisotopic (exact) mass is 563 g/mol. The molecule has 10 nitrogen and oxygen atoms in total.